The van der Waals surface area contributed by atoms with Gasteiger partial charge in [-0.05, 0) is 30.5 Å². The second-order valence-electron chi connectivity index (χ2n) is 1.69. The highest BCUT2D eigenvalue weighted by molar-refractivity contribution is 7.97. The van der Waals surface area contributed by atoms with Crippen LogP contribution in [0.3, 0.4) is 0 Å². The lowest BCUT2D eigenvalue weighted by Gasteiger charge is -1.97. The van der Waals surface area contributed by atoms with Crippen LogP contribution >= 0.6 is 24.6 Å². The van der Waals surface area contributed by atoms with Gasteiger partial charge in [0.25, 0.3) is 0 Å². The van der Waals surface area contributed by atoms with Crippen LogP contribution in [-0.4, -0.2) is 22.7 Å². The van der Waals surface area contributed by atoms with E-state index in [9.17, 15) is 4.79 Å². The van der Waals surface area contributed by atoms with E-state index in [2.05, 4.69) is 17.4 Å². The monoisotopic (exact) mass is 181 g/mol. The Bertz CT molecular complexity index is 99.6. The van der Waals surface area contributed by atoms with Crippen molar-refractivity contribution in [1.29, 1.82) is 0 Å². The topological polar surface area (TPSA) is 49.3 Å². The SMILES string of the molecule is O=C(O)NSCCCCS. The zero-order valence-corrected chi connectivity index (χ0v) is 7.25. The Balaban J connectivity index is 2.84. The van der Waals surface area contributed by atoms with Gasteiger partial charge in [0.15, 0.2) is 0 Å². The maximum Gasteiger partial charge on any atom is 0.414 e. The summed E-state index contributed by atoms with van der Waals surface area (Å²) >= 11 is 5.24. The van der Waals surface area contributed by atoms with Crippen molar-refractivity contribution in [3.05, 3.63) is 0 Å². The van der Waals surface area contributed by atoms with Crippen LogP contribution in [-0.2, 0) is 0 Å². The molecule has 0 atom stereocenters. The smallest absolute Gasteiger partial charge is 0.414 e. The van der Waals surface area contributed by atoms with Crippen LogP contribution in [0.5, 0.6) is 0 Å². The van der Waals surface area contributed by atoms with Crippen molar-refractivity contribution in [3.63, 3.8) is 0 Å². The molecule has 0 radical (unpaired) electrons. The van der Waals surface area contributed by atoms with Gasteiger partial charge in [0.05, 0.1) is 0 Å². The Morgan fingerprint density at radius 2 is 2.30 bits per heavy atom. The molecule has 10 heavy (non-hydrogen) atoms. The fraction of sp³-hybridized carbons (Fsp3) is 0.800. The maximum absolute atomic E-state index is 9.88. The van der Waals surface area contributed by atoms with E-state index < -0.39 is 6.09 Å². The van der Waals surface area contributed by atoms with Gasteiger partial charge in [-0.15, -0.1) is 0 Å². The second-order valence-corrected chi connectivity index (χ2v) is 3.03. The zero-order chi connectivity index (χ0) is 7.82. The van der Waals surface area contributed by atoms with Gasteiger partial charge >= 0.3 is 6.09 Å². The maximum atomic E-state index is 9.88. The fourth-order valence-electron chi connectivity index (χ4n) is 0.399. The summed E-state index contributed by atoms with van der Waals surface area (Å²) < 4.78 is 2.21. The fourth-order valence-corrected chi connectivity index (χ4v) is 1.20. The molecule has 0 aliphatic heterocycles. The molecular weight excluding hydrogens is 170 g/mol. The van der Waals surface area contributed by atoms with Crippen molar-refractivity contribution < 1.29 is 9.90 Å². The number of amides is 1. The first-order valence-corrected chi connectivity index (χ1v) is 4.60. The Labute approximate surface area is 70.1 Å². The number of unbranched alkanes of at least 4 members (excludes halogenated alkanes) is 1. The van der Waals surface area contributed by atoms with Gasteiger partial charge in [-0.2, -0.15) is 12.6 Å². The van der Waals surface area contributed by atoms with Crippen LogP contribution in [0.1, 0.15) is 12.8 Å². The van der Waals surface area contributed by atoms with Crippen molar-refractivity contribution in [2.45, 2.75) is 12.8 Å². The highest BCUT2D eigenvalue weighted by Gasteiger charge is 1.92. The standard InChI is InChI=1S/C5H11NO2S2/c7-5(8)6-10-4-2-1-3-9/h6,9H,1-4H2,(H,7,8). The van der Waals surface area contributed by atoms with E-state index in [0.29, 0.717) is 0 Å². The summed E-state index contributed by atoms with van der Waals surface area (Å²) in [5, 5.41) is 8.12. The molecule has 0 saturated heterocycles. The molecule has 0 aliphatic carbocycles. The molecule has 60 valence electrons. The predicted octanol–water partition coefficient (Wildman–Crippen LogP) is 1.61. The zero-order valence-electron chi connectivity index (χ0n) is 5.54. The van der Waals surface area contributed by atoms with E-state index in [1.54, 1.807) is 0 Å². The van der Waals surface area contributed by atoms with Gasteiger partial charge in [0.2, 0.25) is 0 Å². The van der Waals surface area contributed by atoms with Crippen molar-refractivity contribution in [1.82, 2.24) is 4.72 Å². The van der Waals surface area contributed by atoms with Crippen molar-refractivity contribution >= 4 is 30.7 Å². The van der Waals surface area contributed by atoms with Crippen LogP contribution in [0.4, 0.5) is 4.79 Å². The van der Waals surface area contributed by atoms with Crippen LogP contribution < -0.4 is 4.72 Å². The summed E-state index contributed by atoms with van der Waals surface area (Å²) in [5.41, 5.74) is 0. The molecule has 0 aliphatic rings. The lowest BCUT2D eigenvalue weighted by atomic mass is 10.4. The van der Waals surface area contributed by atoms with E-state index >= 15 is 0 Å². The molecule has 0 heterocycles. The number of thiol groups is 1. The van der Waals surface area contributed by atoms with E-state index in [0.717, 1.165) is 24.3 Å². The lowest BCUT2D eigenvalue weighted by Crippen LogP contribution is -2.12. The first-order chi connectivity index (χ1) is 4.77. The molecule has 0 fully saturated rings. The third-order valence-electron chi connectivity index (χ3n) is 0.814. The van der Waals surface area contributed by atoms with Crippen molar-refractivity contribution in [2.24, 2.45) is 0 Å². The molecule has 5 heteroatoms. The highest BCUT2D eigenvalue weighted by atomic mass is 32.2. The average molecular weight is 181 g/mol. The Morgan fingerprint density at radius 3 is 2.80 bits per heavy atom. The Hall–Kier alpha value is -0.0300. The van der Waals surface area contributed by atoms with Gasteiger partial charge in [-0.3, -0.25) is 4.72 Å². The average Bonchev–Trinajstić information content (AvgIpc) is 1.87. The van der Waals surface area contributed by atoms with Crippen LogP contribution in [0.2, 0.25) is 0 Å². The Morgan fingerprint density at radius 1 is 1.60 bits per heavy atom. The number of hydrogen-bond donors (Lipinski definition) is 3. The summed E-state index contributed by atoms with van der Waals surface area (Å²) in [5.74, 6) is 1.69. The Kier molecular flexibility index (Phi) is 7.06. The normalized spacial score (nSPS) is 9.30. The largest absolute Gasteiger partial charge is 0.464 e. The van der Waals surface area contributed by atoms with Crippen LogP contribution in [0, 0.1) is 0 Å². The summed E-state index contributed by atoms with van der Waals surface area (Å²) in [6.07, 6.45) is 1.07. The van der Waals surface area contributed by atoms with Crippen molar-refractivity contribution in [2.75, 3.05) is 11.5 Å². The predicted molar refractivity (Wildman–Crippen MR) is 46.7 cm³/mol. The van der Waals surface area contributed by atoms with Crippen LogP contribution in [0.15, 0.2) is 0 Å². The lowest BCUT2D eigenvalue weighted by molar-refractivity contribution is 0.202. The molecule has 0 aromatic heterocycles. The molecule has 0 unspecified atom stereocenters. The van der Waals surface area contributed by atoms with Gasteiger partial charge in [0.1, 0.15) is 0 Å². The van der Waals surface area contributed by atoms with Gasteiger partial charge in [-0.25, -0.2) is 4.79 Å². The third-order valence-corrected chi connectivity index (χ3v) is 1.94. The molecule has 0 spiro atoms. The minimum Gasteiger partial charge on any atom is -0.464 e. The number of carbonyl (C=O) groups is 1. The highest BCUT2D eigenvalue weighted by Crippen LogP contribution is 2.00. The van der Waals surface area contributed by atoms with Gasteiger partial charge in [-0.1, -0.05) is 0 Å². The molecule has 3 nitrogen and oxygen atoms in total. The number of hydrogen-bond acceptors (Lipinski definition) is 3. The van der Waals surface area contributed by atoms with E-state index in [4.69, 9.17) is 5.11 Å². The molecule has 0 aromatic rings. The molecule has 0 aromatic carbocycles. The first-order valence-electron chi connectivity index (χ1n) is 2.99. The van der Waals surface area contributed by atoms with E-state index in [1.807, 2.05) is 0 Å². The minimum absolute atomic E-state index is 0.826. The summed E-state index contributed by atoms with van der Waals surface area (Å²) in [6, 6.07) is 0. The summed E-state index contributed by atoms with van der Waals surface area (Å²) in [4.78, 5) is 9.88. The first kappa shape index (κ1) is 9.97. The van der Waals surface area contributed by atoms with Gasteiger partial charge in [0, 0.05) is 5.75 Å². The molecule has 1 amide bonds. The molecule has 0 rings (SSSR count). The van der Waals surface area contributed by atoms with E-state index in [-0.39, 0.29) is 0 Å². The molecular formula is C5H11NO2S2. The third kappa shape index (κ3) is 7.97. The van der Waals surface area contributed by atoms with Gasteiger partial charge < -0.3 is 5.11 Å². The van der Waals surface area contributed by atoms with Crippen molar-refractivity contribution in [3.8, 4) is 0 Å². The minimum atomic E-state index is -0.976. The summed E-state index contributed by atoms with van der Waals surface area (Å²) in [7, 11) is 0. The molecule has 0 bridgehead atoms. The quantitative estimate of drug-likeness (QED) is 0.343. The van der Waals surface area contributed by atoms with E-state index in [1.165, 1.54) is 11.9 Å². The number of rotatable bonds is 5. The molecule has 0 saturated carbocycles. The number of nitrogens with one attached hydrogen (secondary N) is 1. The van der Waals surface area contributed by atoms with Crippen LogP contribution in [0.25, 0.3) is 0 Å². The second kappa shape index (κ2) is 7.08. The summed E-state index contributed by atoms with van der Waals surface area (Å²) in [6.45, 7) is 0. The molecule has 2 N–H and O–H groups in total. The number of carboxylic acid groups (broad SMARTS) is 1.